The highest BCUT2D eigenvalue weighted by molar-refractivity contribution is 8.24. The largest absolute Gasteiger partial charge is 0.493 e. The Balaban J connectivity index is 2.39. The number of hydrogen-bond donors (Lipinski definition) is 0. The van der Waals surface area contributed by atoms with Crippen molar-refractivity contribution in [2.24, 2.45) is 11.8 Å². The van der Waals surface area contributed by atoms with E-state index in [2.05, 4.69) is 27.7 Å². The van der Waals surface area contributed by atoms with Crippen molar-refractivity contribution in [1.29, 1.82) is 10.5 Å². The zero-order chi connectivity index (χ0) is 24.9. The Morgan fingerprint density at radius 2 is 1.41 bits per heavy atom. The zero-order valence-corrected chi connectivity index (χ0v) is 22.9. The van der Waals surface area contributed by atoms with Gasteiger partial charge in [0.2, 0.25) is 0 Å². The SMILES string of the molecule is CCCCC(CC)COc1cc(OC)c(OCC(CC)CCCC)c2c1SC(=C(C#N)C#N)S2. The first-order valence-corrected chi connectivity index (χ1v) is 14.1. The van der Waals surface area contributed by atoms with Gasteiger partial charge in [-0.25, -0.2) is 0 Å². The Morgan fingerprint density at radius 3 is 1.91 bits per heavy atom. The summed E-state index contributed by atoms with van der Waals surface area (Å²) < 4.78 is 19.1. The number of hydrogen-bond acceptors (Lipinski definition) is 7. The molecule has 7 heteroatoms. The Bertz CT molecular complexity index is 902. The average Bonchev–Trinajstić information content (AvgIpc) is 3.30. The molecule has 0 N–H and O–H groups in total. The van der Waals surface area contributed by atoms with Gasteiger partial charge >= 0.3 is 0 Å². The minimum atomic E-state index is 0.117. The number of methoxy groups -OCH3 is 1. The highest BCUT2D eigenvalue weighted by atomic mass is 32.2. The van der Waals surface area contributed by atoms with Gasteiger partial charge in [-0.15, -0.1) is 0 Å². The minimum Gasteiger partial charge on any atom is -0.493 e. The lowest BCUT2D eigenvalue weighted by atomic mass is 10.0. The van der Waals surface area contributed by atoms with Crippen LogP contribution in [-0.2, 0) is 0 Å². The number of allylic oxidation sites excluding steroid dienone is 1. The van der Waals surface area contributed by atoms with Crippen molar-refractivity contribution in [3.63, 3.8) is 0 Å². The maximum atomic E-state index is 9.44. The topological polar surface area (TPSA) is 75.3 Å². The number of ether oxygens (including phenoxy) is 3. The number of unbranched alkanes of at least 4 members (excludes halogenated alkanes) is 2. The van der Waals surface area contributed by atoms with Crippen LogP contribution in [0, 0.1) is 34.5 Å². The summed E-state index contributed by atoms with van der Waals surface area (Å²) in [5.74, 6) is 3.01. The van der Waals surface area contributed by atoms with Crippen molar-refractivity contribution in [3.05, 3.63) is 15.9 Å². The van der Waals surface area contributed by atoms with E-state index in [1.165, 1.54) is 49.2 Å². The molecule has 0 amide bonds. The maximum absolute atomic E-state index is 9.44. The summed E-state index contributed by atoms with van der Waals surface area (Å²) >= 11 is 2.83. The summed E-state index contributed by atoms with van der Waals surface area (Å²) in [7, 11) is 1.64. The predicted molar refractivity (Wildman–Crippen MR) is 141 cm³/mol. The second kappa shape index (κ2) is 15.1. The molecule has 34 heavy (non-hydrogen) atoms. The van der Waals surface area contributed by atoms with E-state index in [0.29, 0.717) is 40.8 Å². The third kappa shape index (κ3) is 7.52. The molecule has 2 rings (SSSR count). The van der Waals surface area contributed by atoms with E-state index in [9.17, 15) is 10.5 Å². The van der Waals surface area contributed by atoms with Gasteiger partial charge in [0.05, 0.1) is 34.4 Å². The fourth-order valence-corrected chi connectivity index (χ4v) is 6.32. The molecule has 2 unspecified atom stereocenters. The molecule has 1 aliphatic heterocycles. The predicted octanol–water partition coefficient (Wildman–Crippen LogP) is 8.34. The number of nitrogens with zero attached hydrogens (tertiary/aromatic N) is 2. The molecule has 0 radical (unpaired) electrons. The first kappa shape index (κ1) is 28.3. The molecule has 1 aromatic carbocycles. The molecule has 0 aliphatic carbocycles. The van der Waals surface area contributed by atoms with Gasteiger partial charge < -0.3 is 14.2 Å². The van der Waals surface area contributed by atoms with Crippen LogP contribution in [0.4, 0.5) is 0 Å². The van der Waals surface area contributed by atoms with Crippen molar-refractivity contribution in [1.82, 2.24) is 0 Å². The summed E-state index contributed by atoms with van der Waals surface area (Å²) in [5.41, 5.74) is 0.117. The summed E-state index contributed by atoms with van der Waals surface area (Å²) in [6.45, 7) is 10.1. The molecule has 2 atom stereocenters. The summed E-state index contributed by atoms with van der Waals surface area (Å²) in [6, 6.07) is 5.96. The van der Waals surface area contributed by atoms with Crippen LogP contribution in [0.1, 0.15) is 79.1 Å². The van der Waals surface area contributed by atoms with Crippen LogP contribution in [-0.4, -0.2) is 20.3 Å². The van der Waals surface area contributed by atoms with Crippen LogP contribution in [0.3, 0.4) is 0 Å². The fourth-order valence-electron chi connectivity index (χ4n) is 3.79. The zero-order valence-electron chi connectivity index (χ0n) is 21.2. The van der Waals surface area contributed by atoms with Crippen molar-refractivity contribution >= 4 is 23.5 Å². The second-order valence-electron chi connectivity index (χ2n) is 8.61. The van der Waals surface area contributed by atoms with Gasteiger partial charge in [-0.1, -0.05) is 89.7 Å². The molecule has 186 valence electrons. The summed E-state index contributed by atoms with van der Waals surface area (Å²) in [6.07, 6.45) is 9.12. The van der Waals surface area contributed by atoms with Crippen LogP contribution in [0.2, 0.25) is 0 Å². The molecular weight excluding hydrogens is 464 g/mol. The summed E-state index contributed by atoms with van der Waals surface area (Å²) in [4.78, 5) is 1.79. The van der Waals surface area contributed by atoms with Crippen LogP contribution in [0.5, 0.6) is 17.2 Å². The van der Waals surface area contributed by atoms with Gasteiger partial charge in [0, 0.05) is 6.07 Å². The van der Waals surface area contributed by atoms with E-state index in [1.807, 2.05) is 18.2 Å². The van der Waals surface area contributed by atoms with Crippen molar-refractivity contribution in [3.8, 4) is 29.4 Å². The quantitative estimate of drug-likeness (QED) is 0.223. The van der Waals surface area contributed by atoms with Crippen LogP contribution >= 0.6 is 23.5 Å². The molecule has 1 aromatic rings. The smallest absolute Gasteiger partial charge is 0.176 e. The molecule has 0 aromatic heterocycles. The molecule has 0 saturated heterocycles. The van der Waals surface area contributed by atoms with Crippen LogP contribution < -0.4 is 14.2 Å². The second-order valence-corrected chi connectivity index (χ2v) is 10.9. The standard InChI is InChI=1S/C27H38N2O3S2/c1-6-10-12-19(8-3)17-31-23-14-22(30-5)24(32-18-20(9-4)13-11-7-2)26-25(23)33-27(34-26)21(15-28)16-29/h14,19-20H,6-13,17-18H2,1-5H3. The highest BCUT2D eigenvalue weighted by Gasteiger charge is 2.32. The summed E-state index contributed by atoms with van der Waals surface area (Å²) in [5, 5.41) is 18.9. The molecule has 5 nitrogen and oxygen atoms in total. The van der Waals surface area contributed by atoms with Gasteiger partial charge in [-0.2, -0.15) is 10.5 Å². The molecule has 1 aliphatic rings. The molecule has 0 bridgehead atoms. The first-order valence-electron chi connectivity index (χ1n) is 12.5. The lowest BCUT2D eigenvalue weighted by molar-refractivity contribution is 0.211. The molecular formula is C27H38N2O3S2. The van der Waals surface area contributed by atoms with E-state index < -0.39 is 0 Å². The molecule has 0 fully saturated rings. The fraction of sp³-hybridized carbons (Fsp3) is 0.630. The van der Waals surface area contributed by atoms with E-state index in [-0.39, 0.29) is 5.57 Å². The Kier molecular flexibility index (Phi) is 12.6. The normalized spacial score (nSPS) is 14.0. The van der Waals surface area contributed by atoms with Crippen LogP contribution in [0.15, 0.2) is 25.7 Å². The van der Waals surface area contributed by atoms with Gasteiger partial charge in [-0.3, -0.25) is 0 Å². The van der Waals surface area contributed by atoms with Crippen molar-refractivity contribution in [2.75, 3.05) is 20.3 Å². The number of nitriles is 2. The van der Waals surface area contributed by atoms with Crippen molar-refractivity contribution < 1.29 is 14.2 Å². The van der Waals surface area contributed by atoms with Crippen LogP contribution in [0.25, 0.3) is 0 Å². The number of thioether (sulfide) groups is 2. The van der Waals surface area contributed by atoms with Crippen molar-refractivity contribution in [2.45, 2.75) is 88.9 Å². The van der Waals surface area contributed by atoms with Gasteiger partial charge in [-0.05, 0) is 24.7 Å². The lowest BCUT2D eigenvalue weighted by Gasteiger charge is -2.21. The third-order valence-corrected chi connectivity index (χ3v) is 8.80. The maximum Gasteiger partial charge on any atom is 0.176 e. The van der Waals surface area contributed by atoms with Gasteiger partial charge in [0.25, 0.3) is 0 Å². The highest BCUT2D eigenvalue weighted by Crippen LogP contribution is 2.61. The first-order chi connectivity index (χ1) is 16.6. The monoisotopic (exact) mass is 502 g/mol. The third-order valence-electron chi connectivity index (χ3n) is 6.18. The average molecular weight is 503 g/mol. The van der Waals surface area contributed by atoms with E-state index in [0.717, 1.165) is 41.2 Å². The van der Waals surface area contributed by atoms with E-state index in [4.69, 9.17) is 14.2 Å². The Morgan fingerprint density at radius 1 is 0.853 bits per heavy atom. The molecule has 1 heterocycles. The number of fused-ring (bicyclic) bond motifs is 1. The Hall–Kier alpha value is -1.96. The molecule has 0 saturated carbocycles. The Labute approximate surface area is 214 Å². The number of benzene rings is 1. The number of rotatable bonds is 15. The lowest BCUT2D eigenvalue weighted by Crippen LogP contribution is -2.13. The minimum absolute atomic E-state index is 0.117. The van der Waals surface area contributed by atoms with Gasteiger partial charge in [0.1, 0.15) is 23.5 Å². The molecule has 0 spiro atoms. The van der Waals surface area contributed by atoms with E-state index >= 15 is 0 Å². The van der Waals surface area contributed by atoms with Gasteiger partial charge in [0.15, 0.2) is 11.5 Å². The van der Waals surface area contributed by atoms with E-state index in [1.54, 1.807) is 7.11 Å².